The molecule has 0 heterocycles. The van der Waals surface area contributed by atoms with Gasteiger partial charge < -0.3 is 15.7 Å². The molecule has 5 heteroatoms. The molecule has 1 aliphatic rings. The van der Waals surface area contributed by atoms with Gasteiger partial charge in [0.2, 0.25) is 0 Å². The van der Waals surface area contributed by atoms with Crippen LogP contribution >= 0.6 is 0 Å². The van der Waals surface area contributed by atoms with Crippen molar-refractivity contribution in [2.45, 2.75) is 39.7 Å². The Morgan fingerprint density at radius 2 is 2.06 bits per heavy atom. The molecule has 1 rings (SSSR count). The first-order valence-electron chi connectivity index (χ1n) is 6.22. The monoisotopic (exact) mass is 242 g/mol. The summed E-state index contributed by atoms with van der Waals surface area (Å²) < 4.78 is 0. The van der Waals surface area contributed by atoms with Crippen molar-refractivity contribution < 1.29 is 14.7 Å². The van der Waals surface area contributed by atoms with Crippen molar-refractivity contribution in [2.24, 2.45) is 17.8 Å². The number of carbonyl (C=O) groups excluding carboxylic acids is 1. The lowest BCUT2D eigenvalue weighted by Crippen LogP contribution is -2.49. The molecule has 0 aromatic carbocycles. The Morgan fingerprint density at radius 3 is 2.47 bits per heavy atom. The molecule has 2 amide bonds. The largest absolute Gasteiger partial charge is 0.480 e. The maximum atomic E-state index is 11.5. The van der Waals surface area contributed by atoms with Crippen molar-refractivity contribution in [3.05, 3.63) is 0 Å². The van der Waals surface area contributed by atoms with Crippen molar-refractivity contribution in [2.75, 3.05) is 6.54 Å². The van der Waals surface area contributed by atoms with Crippen molar-refractivity contribution >= 4 is 12.0 Å². The van der Waals surface area contributed by atoms with Crippen LogP contribution in [0, 0.1) is 17.8 Å². The zero-order chi connectivity index (χ0) is 13.0. The molecular formula is C12H22N2O3. The number of carboxylic acid groups (broad SMARTS) is 1. The number of carboxylic acids is 1. The highest BCUT2D eigenvalue weighted by atomic mass is 16.4. The third kappa shape index (κ3) is 4.24. The fraction of sp³-hybridized carbons (Fsp3) is 0.833. The summed E-state index contributed by atoms with van der Waals surface area (Å²) in [5.74, 6) is 0.195. The predicted molar refractivity (Wildman–Crippen MR) is 64.7 cm³/mol. The number of carbonyl (C=O) groups is 2. The second-order valence-electron chi connectivity index (χ2n) is 5.03. The average Bonchev–Trinajstić information content (AvgIpc) is 2.98. The van der Waals surface area contributed by atoms with E-state index in [-0.39, 0.29) is 11.9 Å². The van der Waals surface area contributed by atoms with E-state index in [2.05, 4.69) is 17.6 Å². The smallest absolute Gasteiger partial charge is 0.326 e. The van der Waals surface area contributed by atoms with Crippen LogP contribution in [0.5, 0.6) is 0 Å². The quantitative estimate of drug-likeness (QED) is 0.659. The molecule has 0 aliphatic heterocycles. The Morgan fingerprint density at radius 1 is 1.47 bits per heavy atom. The fourth-order valence-electron chi connectivity index (χ4n) is 1.78. The second-order valence-corrected chi connectivity index (χ2v) is 5.03. The summed E-state index contributed by atoms with van der Waals surface area (Å²) in [4.78, 5) is 22.5. The molecule has 0 spiro atoms. The summed E-state index contributed by atoms with van der Waals surface area (Å²) >= 11 is 0. The Bertz CT molecular complexity index is 293. The average molecular weight is 242 g/mol. The molecule has 3 unspecified atom stereocenters. The van der Waals surface area contributed by atoms with E-state index in [0.29, 0.717) is 18.4 Å². The van der Waals surface area contributed by atoms with Gasteiger partial charge in [0.15, 0.2) is 0 Å². The van der Waals surface area contributed by atoms with Crippen LogP contribution in [-0.4, -0.2) is 29.7 Å². The lowest BCUT2D eigenvalue weighted by molar-refractivity contribution is -0.140. The summed E-state index contributed by atoms with van der Waals surface area (Å²) in [6, 6.07) is -1.19. The molecule has 0 bridgehead atoms. The van der Waals surface area contributed by atoms with Gasteiger partial charge in [-0.05, 0) is 24.2 Å². The van der Waals surface area contributed by atoms with Crippen LogP contribution in [0.4, 0.5) is 4.79 Å². The molecule has 1 saturated carbocycles. The maximum absolute atomic E-state index is 11.5. The summed E-state index contributed by atoms with van der Waals surface area (Å²) in [6.45, 7) is 6.51. The van der Waals surface area contributed by atoms with Gasteiger partial charge in [-0.2, -0.15) is 0 Å². The molecule has 0 aromatic rings. The standard InChI is InChI=1S/C12H22N2O3/c1-4-7(2)10(11(15)16)14-12(17)13-6-9-5-8(9)3/h7-10H,4-6H2,1-3H3,(H,15,16)(H2,13,14,17)/t7?,8?,9?,10-/m0/s1. The highest BCUT2D eigenvalue weighted by Gasteiger charge is 2.33. The molecule has 3 N–H and O–H groups in total. The molecule has 5 nitrogen and oxygen atoms in total. The van der Waals surface area contributed by atoms with E-state index in [0.717, 1.165) is 12.8 Å². The van der Waals surface area contributed by atoms with Crippen LogP contribution in [-0.2, 0) is 4.79 Å². The fourth-order valence-corrected chi connectivity index (χ4v) is 1.78. The van der Waals surface area contributed by atoms with Crippen LogP contribution in [0.15, 0.2) is 0 Å². The molecule has 1 aliphatic carbocycles. The highest BCUT2D eigenvalue weighted by Crippen LogP contribution is 2.36. The summed E-state index contributed by atoms with van der Waals surface area (Å²) in [5, 5.41) is 14.3. The second kappa shape index (κ2) is 5.89. The summed E-state index contributed by atoms with van der Waals surface area (Å²) in [7, 11) is 0. The third-order valence-corrected chi connectivity index (χ3v) is 3.57. The van der Waals surface area contributed by atoms with Crippen molar-refractivity contribution in [1.29, 1.82) is 0 Å². The predicted octanol–water partition coefficient (Wildman–Crippen LogP) is 1.44. The van der Waals surface area contributed by atoms with Crippen LogP contribution < -0.4 is 10.6 Å². The maximum Gasteiger partial charge on any atom is 0.326 e. The van der Waals surface area contributed by atoms with Crippen LogP contribution in [0.2, 0.25) is 0 Å². The molecule has 0 aromatic heterocycles. The molecule has 0 radical (unpaired) electrons. The molecule has 0 saturated heterocycles. The van der Waals surface area contributed by atoms with Crippen molar-refractivity contribution in [3.8, 4) is 0 Å². The van der Waals surface area contributed by atoms with Gasteiger partial charge in [0.1, 0.15) is 6.04 Å². The number of aliphatic carboxylic acids is 1. The first-order chi connectivity index (χ1) is 7.95. The van der Waals surface area contributed by atoms with Gasteiger partial charge in [-0.25, -0.2) is 9.59 Å². The van der Waals surface area contributed by atoms with E-state index in [9.17, 15) is 9.59 Å². The number of amides is 2. The van der Waals surface area contributed by atoms with E-state index in [1.807, 2.05) is 13.8 Å². The minimum Gasteiger partial charge on any atom is -0.480 e. The van der Waals surface area contributed by atoms with Crippen LogP contribution in [0.25, 0.3) is 0 Å². The normalized spacial score (nSPS) is 25.8. The number of hydrogen-bond donors (Lipinski definition) is 3. The van der Waals surface area contributed by atoms with Gasteiger partial charge in [0, 0.05) is 6.54 Å². The lowest BCUT2D eigenvalue weighted by Gasteiger charge is -2.20. The summed E-state index contributed by atoms with van der Waals surface area (Å²) in [5.41, 5.74) is 0. The molecule has 98 valence electrons. The lowest BCUT2D eigenvalue weighted by atomic mass is 9.99. The van der Waals surface area contributed by atoms with Gasteiger partial charge in [0.05, 0.1) is 0 Å². The minimum absolute atomic E-state index is 0.0712. The van der Waals surface area contributed by atoms with E-state index >= 15 is 0 Å². The summed E-state index contributed by atoms with van der Waals surface area (Å²) in [6.07, 6.45) is 1.87. The van der Waals surface area contributed by atoms with Gasteiger partial charge in [-0.15, -0.1) is 0 Å². The Kier molecular flexibility index (Phi) is 4.78. The Hall–Kier alpha value is -1.26. The molecule has 17 heavy (non-hydrogen) atoms. The Labute approximate surface area is 102 Å². The molecule has 1 fully saturated rings. The number of hydrogen-bond acceptors (Lipinski definition) is 2. The van der Waals surface area contributed by atoms with Crippen LogP contribution in [0.3, 0.4) is 0 Å². The van der Waals surface area contributed by atoms with E-state index in [1.165, 1.54) is 0 Å². The van der Waals surface area contributed by atoms with Gasteiger partial charge in [-0.1, -0.05) is 27.2 Å². The highest BCUT2D eigenvalue weighted by molar-refractivity contribution is 5.82. The van der Waals surface area contributed by atoms with Crippen molar-refractivity contribution in [1.82, 2.24) is 10.6 Å². The SMILES string of the molecule is CCC(C)[C@H](NC(=O)NCC1CC1C)C(=O)O. The van der Waals surface area contributed by atoms with Gasteiger partial charge in [-0.3, -0.25) is 0 Å². The Balaban J connectivity index is 2.33. The van der Waals surface area contributed by atoms with Crippen molar-refractivity contribution in [3.63, 3.8) is 0 Å². The zero-order valence-corrected chi connectivity index (χ0v) is 10.7. The molecular weight excluding hydrogens is 220 g/mol. The number of nitrogens with one attached hydrogen (secondary N) is 2. The molecule has 4 atom stereocenters. The number of rotatable bonds is 6. The van der Waals surface area contributed by atoms with Gasteiger partial charge >= 0.3 is 12.0 Å². The van der Waals surface area contributed by atoms with E-state index < -0.39 is 12.0 Å². The minimum atomic E-state index is -0.978. The van der Waals surface area contributed by atoms with Gasteiger partial charge in [0.25, 0.3) is 0 Å². The number of urea groups is 1. The first kappa shape index (κ1) is 13.8. The first-order valence-corrected chi connectivity index (χ1v) is 6.22. The topological polar surface area (TPSA) is 78.4 Å². The van der Waals surface area contributed by atoms with E-state index in [1.54, 1.807) is 0 Å². The van der Waals surface area contributed by atoms with E-state index in [4.69, 9.17) is 5.11 Å². The van der Waals surface area contributed by atoms with Crippen LogP contribution in [0.1, 0.15) is 33.6 Å². The third-order valence-electron chi connectivity index (χ3n) is 3.57. The zero-order valence-electron chi connectivity index (χ0n) is 10.7.